The molecule has 0 unspecified atom stereocenters. The fourth-order valence-electron chi connectivity index (χ4n) is 3.53. The summed E-state index contributed by atoms with van der Waals surface area (Å²) in [6, 6.07) is 25.7. The molecular formula is C29H16F4IrN5. The number of rotatable bonds is 4. The Morgan fingerprint density at radius 1 is 0.615 bits per heavy atom. The zero-order chi connectivity index (χ0) is 26.5. The van der Waals surface area contributed by atoms with E-state index in [0.29, 0.717) is 12.1 Å². The van der Waals surface area contributed by atoms with E-state index in [4.69, 9.17) is 0 Å². The average Bonchev–Trinajstić information content (AvgIpc) is 3.65. The van der Waals surface area contributed by atoms with E-state index in [0.717, 1.165) is 23.5 Å². The van der Waals surface area contributed by atoms with Gasteiger partial charge in [0.15, 0.2) is 0 Å². The maximum absolute atomic E-state index is 13.8. The van der Waals surface area contributed by atoms with Gasteiger partial charge < -0.3 is 4.98 Å². The Morgan fingerprint density at radius 3 is 1.49 bits per heavy atom. The van der Waals surface area contributed by atoms with Crippen LogP contribution in [0.2, 0.25) is 0 Å². The van der Waals surface area contributed by atoms with Crippen LogP contribution in [0.25, 0.3) is 33.9 Å². The maximum atomic E-state index is 13.8. The molecule has 0 aliphatic rings. The molecule has 0 saturated heterocycles. The zero-order valence-electron chi connectivity index (χ0n) is 19.8. The third kappa shape index (κ3) is 6.54. The molecule has 3 heterocycles. The van der Waals surface area contributed by atoms with Gasteiger partial charge >= 0.3 is 20.1 Å². The third-order valence-electron chi connectivity index (χ3n) is 5.24. The predicted molar refractivity (Wildman–Crippen MR) is 132 cm³/mol. The summed E-state index contributed by atoms with van der Waals surface area (Å²) in [5.41, 5.74) is 2.05. The largest absolute Gasteiger partial charge is 3.00 e. The number of benzene rings is 3. The van der Waals surface area contributed by atoms with Gasteiger partial charge in [0.25, 0.3) is 0 Å². The van der Waals surface area contributed by atoms with Crippen molar-refractivity contribution in [1.82, 2.24) is 24.5 Å². The molecule has 0 atom stereocenters. The maximum Gasteiger partial charge on any atom is 3.00 e. The Labute approximate surface area is 234 Å². The smallest absolute Gasteiger partial charge is 0.345 e. The normalized spacial score (nSPS) is 10.4. The molecule has 194 valence electrons. The summed E-state index contributed by atoms with van der Waals surface area (Å²) in [6.45, 7) is 0. The summed E-state index contributed by atoms with van der Waals surface area (Å²) in [6.07, 6.45) is 7.26. The zero-order valence-corrected chi connectivity index (χ0v) is 22.2. The van der Waals surface area contributed by atoms with Gasteiger partial charge in [-0.15, -0.1) is 42.5 Å². The van der Waals surface area contributed by atoms with Gasteiger partial charge in [0.1, 0.15) is 0 Å². The van der Waals surface area contributed by atoms with Gasteiger partial charge in [0.05, 0.1) is 0 Å². The number of hydrogen-bond acceptors (Lipinski definition) is 3. The van der Waals surface area contributed by atoms with E-state index in [1.165, 1.54) is 18.2 Å². The Bertz CT molecular complexity index is 1560. The molecule has 6 aromatic rings. The fourth-order valence-corrected chi connectivity index (χ4v) is 3.53. The molecule has 0 N–H and O–H groups in total. The number of pyridine rings is 1. The van der Waals surface area contributed by atoms with Crippen molar-refractivity contribution in [2.75, 3.05) is 0 Å². The molecule has 0 aliphatic carbocycles. The van der Waals surface area contributed by atoms with Crippen LogP contribution in [0.5, 0.6) is 0 Å². The standard InChI is InChI=1S/C17H7F4N.C12H9N4.Ir/c18-10-4-6-12(14(20)8-10)16-2-1-3-17(22-16)13-7-5-11(19)9-15(13)21;1-4-11(15-8-2-6-13-15)10-12(5-1)16-9-3-7-14-16;/h1-5,8-9H;1-9H;/q-2;-1;+3. The number of nitrogens with zero attached hydrogens (tertiary/aromatic N) is 5. The monoisotopic (exact) mass is 703 g/mol. The summed E-state index contributed by atoms with van der Waals surface area (Å²) in [7, 11) is 0. The molecule has 39 heavy (non-hydrogen) atoms. The second kappa shape index (κ2) is 12.4. The molecular weight excluding hydrogens is 687 g/mol. The molecule has 0 fully saturated rings. The van der Waals surface area contributed by atoms with E-state index in [9.17, 15) is 17.6 Å². The second-order valence-electron chi connectivity index (χ2n) is 7.81. The van der Waals surface area contributed by atoms with Crippen molar-refractivity contribution in [2.45, 2.75) is 0 Å². The number of halogens is 4. The first-order chi connectivity index (χ1) is 18.5. The quantitative estimate of drug-likeness (QED) is 0.157. The van der Waals surface area contributed by atoms with Crippen molar-refractivity contribution in [3.05, 3.63) is 139 Å². The molecule has 3 aromatic carbocycles. The van der Waals surface area contributed by atoms with Crippen LogP contribution in [0.15, 0.2) is 97.6 Å². The van der Waals surface area contributed by atoms with E-state index in [1.54, 1.807) is 21.8 Å². The summed E-state index contributed by atoms with van der Waals surface area (Å²) in [5, 5.41) is 8.33. The van der Waals surface area contributed by atoms with E-state index in [2.05, 4.69) is 33.4 Å². The summed E-state index contributed by atoms with van der Waals surface area (Å²) >= 11 is 0. The van der Waals surface area contributed by atoms with Crippen LogP contribution >= 0.6 is 0 Å². The van der Waals surface area contributed by atoms with Crippen LogP contribution in [0.1, 0.15) is 0 Å². The summed E-state index contributed by atoms with van der Waals surface area (Å²) < 4.78 is 56.9. The fraction of sp³-hybridized carbons (Fsp3) is 0. The van der Waals surface area contributed by atoms with Gasteiger partial charge in [-0.25, -0.2) is 0 Å². The van der Waals surface area contributed by atoms with Crippen LogP contribution in [-0.4, -0.2) is 24.5 Å². The van der Waals surface area contributed by atoms with Crippen LogP contribution < -0.4 is 0 Å². The number of hydrogen-bond donors (Lipinski definition) is 0. The molecule has 10 heteroatoms. The summed E-state index contributed by atoms with van der Waals surface area (Å²) in [4.78, 5) is 4.11. The molecule has 5 nitrogen and oxygen atoms in total. The summed E-state index contributed by atoms with van der Waals surface area (Å²) in [5.74, 6) is -3.16. The van der Waals surface area contributed by atoms with Gasteiger partial charge in [0, 0.05) is 48.1 Å². The van der Waals surface area contributed by atoms with Crippen molar-refractivity contribution in [3.8, 4) is 33.9 Å². The minimum atomic E-state index is -0.826. The van der Waals surface area contributed by atoms with Crippen LogP contribution in [-0.2, 0) is 20.1 Å². The van der Waals surface area contributed by atoms with E-state index < -0.39 is 23.3 Å². The SMILES string of the molecule is Fc1c[c-]c(-c2cccc(-c3[c-]cc(F)cc3F)n2)c(F)c1.[Ir+3].[c-]1c(-n2cccn2)cccc1-n1cccn1. The van der Waals surface area contributed by atoms with Gasteiger partial charge in [-0.3, -0.25) is 26.9 Å². The Balaban J connectivity index is 0.000000184. The van der Waals surface area contributed by atoms with Crippen molar-refractivity contribution in [3.63, 3.8) is 0 Å². The van der Waals surface area contributed by atoms with Gasteiger partial charge in [0.2, 0.25) is 0 Å². The van der Waals surface area contributed by atoms with Gasteiger partial charge in [-0.1, -0.05) is 41.5 Å². The van der Waals surface area contributed by atoms with Crippen LogP contribution in [0.3, 0.4) is 0 Å². The van der Waals surface area contributed by atoms with Gasteiger partial charge in [-0.05, 0) is 34.9 Å². The average molecular weight is 703 g/mol. The van der Waals surface area contributed by atoms with E-state index >= 15 is 0 Å². The first-order valence-corrected chi connectivity index (χ1v) is 11.2. The molecule has 0 aliphatic heterocycles. The molecule has 0 amide bonds. The van der Waals surface area contributed by atoms with E-state index in [-0.39, 0.29) is 42.6 Å². The molecule has 0 saturated carbocycles. The van der Waals surface area contributed by atoms with Crippen molar-refractivity contribution in [2.24, 2.45) is 0 Å². The van der Waals surface area contributed by atoms with Crippen LogP contribution in [0.4, 0.5) is 17.6 Å². The van der Waals surface area contributed by atoms with E-state index in [1.807, 2.05) is 42.7 Å². The van der Waals surface area contributed by atoms with Crippen molar-refractivity contribution in [1.29, 1.82) is 0 Å². The van der Waals surface area contributed by atoms with Crippen LogP contribution in [0, 0.1) is 41.5 Å². The first kappa shape index (κ1) is 27.6. The Kier molecular flexibility index (Phi) is 8.81. The first-order valence-electron chi connectivity index (χ1n) is 11.2. The van der Waals surface area contributed by atoms with Crippen molar-refractivity contribution < 1.29 is 37.7 Å². The van der Waals surface area contributed by atoms with Crippen molar-refractivity contribution >= 4 is 0 Å². The third-order valence-corrected chi connectivity index (χ3v) is 5.24. The number of aromatic nitrogens is 5. The minimum Gasteiger partial charge on any atom is -0.345 e. The minimum absolute atomic E-state index is 0. The molecule has 3 aromatic heterocycles. The topological polar surface area (TPSA) is 48.5 Å². The Hall–Kier alpha value is -4.40. The molecule has 0 bridgehead atoms. The Morgan fingerprint density at radius 2 is 1.08 bits per heavy atom. The van der Waals surface area contributed by atoms with Gasteiger partial charge in [-0.2, -0.15) is 16.3 Å². The molecule has 0 spiro atoms. The molecule has 0 radical (unpaired) electrons. The second-order valence-corrected chi connectivity index (χ2v) is 7.81. The predicted octanol–water partition coefficient (Wildman–Crippen LogP) is 6.43. The molecule has 6 rings (SSSR count).